The van der Waals surface area contributed by atoms with E-state index >= 15 is 0 Å². The quantitative estimate of drug-likeness (QED) is 0.873. The predicted molar refractivity (Wildman–Crippen MR) is 85.0 cm³/mol. The van der Waals surface area contributed by atoms with Crippen LogP contribution in [-0.4, -0.2) is 42.1 Å². The van der Waals surface area contributed by atoms with Gasteiger partial charge in [-0.05, 0) is 30.0 Å². The Morgan fingerprint density at radius 1 is 1.23 bits per heavy atom. The summed E-state index contributed by atoms with van der Waals surface area (Å²) in [6.45, 7) is 0. The first-order valence-electron chi connectivity index (χ1n) is 6.67. The molecule has 9 heteroatoms. The number of aromatic nitrogens is 2. The first-order valence-corrected chi connectivity index (χ1v) is 9.37. The fourth-order valence-corrected chi connectivity index (χ4v) is 4.47. The number of carbonyl (C=O) groups excluding carboxylic acids is 1. The average Bonchev–Trinajstić information content (AvgIpc) is 3.11. The van der Waals surface area contributed by atoms with Crippen LogP contribution in [0.2, 0.25) is 0 Å². The van der Waals surface area contributed by atoms with Crippen molar-refractivity contribution in [3.05, 3.63) is 34.5 Å². The Labute approximate surface area is 131 Å². The van der Waals surface area contributed by atoms with Gasteiger partial charge in [-0.2, -0.15) is 0 Å². The van der Waals surface area contributed by atoms with Crippen molar-refractivity contribution in [3.63, 3.8) is 0 Å². The summed E-state index contributed by atoms with van der Waals surface area (Å²) in [5.74, 6) is 0.935. The number of rotatable bonds is 4. The van der Waals surface area contributed by atoms with Gasteiger partial charge in [0.25, 0.3) is 5.91 Å². The molecule has 0 bridgehead atoms. The van der Waals surface area contributed by atoms with Crippen LogP contribution in [0.4, 0.5) is 11.6 Å². The van der Waals surface area contributed by atoms with Gasteiger partial charge >= 0.3 is 0 Å². The second-order valence-electron chi connectivity index (χ2n) is 4.98. The van der Waals surface area contributed by atoms with E-state index < -0.39 is 9.84 Å². The van der Waals surface area contributed by atoms with Crippen molar-refractivity contribution >= 4 is 38.7 Å². The minimum absolute atomic E-state index is 0.117. The van der Waals surface area contributed by atoms with Crippen LogP contribution in [0.1, 0.15) is 16.1 Å². The summed E-state index contributed by atoms with van der Waals surface area (Å²) in [6.07, 6.45) is 0.570. The maximum absolute atomic E-state index is 11.9. The fourth-order valence-electron chi connectivity index (χ4n) is 2.18. The van der Waals surface area contributed by atoms with E-state index in [0.717, 1.165) is 0 Å². The van der Waals surface area contributed by atoms with Crippen molar-refractivity contribution in [1.29, 1.82) is 0 Å². The molecular formula is C13H14N4O3S2. The van der Waals surface area contributed by atoms with Gasteiger partial charge in [-0.15, -0.1) is 21.5 Å². The van der Waals surface area contributed by atoms with Gasteiger partial charge in [0, 0.05) is 6.04 Å². The third kappa shape index (κ3) is 3.60. The van der Waals surface area contributed by atoms with Crippen molar-refractivity contribution < 1.29 is 13.2 Å². The molecule has 1 atom stereocenters. The molecule has 22 heavy (non-hydrogen) atoms. The molecule has 1 fully saturated rings. The van der Waals surface area contributed by atoms with Gasteiger partial charge in [0.2, 0.25) is 0 Å². The summed E-state index contributed by atoms with van der Waals surface area (Å²) in [7, 11) is -2.93. The highest BCUT2D eigenvalue weighted by Gasteiger charge is 2.27. The Morgan fingerprint density at radius 3 is 2.59 bits per heavy atom. The Hall–Kier alpha value is -2.00. The van der Waals surface area contributed by atoms with Gasteiger partial charge in [0.15, 0.2) is 15.7 Å². The molecule has 3 rings (SSSR count). The highest BCUT2D eigenvalue weighted by molar-refractivity contribution is 7.91. The molecule has 1 amide bonds. The van der Waals surface area contributed by atoms with Crippen molar-refractivity contribution in [3.8, 4) is 0 Å². The summed E-state index contributed by atoms with van der Waals surface area (Å²) in [5, 5.41) is 15.4. The molecule has 7 nitrogen and oxygen atoms in total. The first kappa shape index (κ1) is 14.9. The fraction of sp³-hybridized carbons (Fsp3) is 0.308. The van der Waals surface area contributed by atoms with E-state index in [1.807, 2.05) is 5.38 Å². The third-order valence-corrected chi connectivity index (χ3v) is 5.87. The van der Waals surface area contributed by atoms with Crippen LogP contribution in [-0.2, 0) is 9.84 Å². The molecule has 2 N–H and O–H groups in total. The van der Waals surface area contributed by atoms with Crippen molar-refractivity contribution in [2.24, 2.45) is 0 Å². The normalized spacial score (nSPS) is 19.7. The highest BCUT2D eigenvalue weighted by Crippen LogP contribution is 2.17. The molecule has 1 saturated heterocycles. The Balaban J connectivity index is 1.60. The maximum Gasteiger partial charge on any atom is 0.266 e. The molecule has 2 aromatic heterocycles. The van der Waals surface area contributed by atoms with Crippen LogP contribution in [0.25, 0.3) is 0 Å². The summed E-state index contributed by atoms with van der Waals surface area (Å²) in [5.41, 5.74) is 0. The van der Waals surface area contributed by atoms with Gasteiger partial charge in [0.1, 0.15) is 5.82 Å². The molecule has 1 aliphatic rings. The van der Waals surface area contributed by atoms with Crippen LogP contribution in [0.3, 0.4) is 0 Å². The lowest BCUT2D eigenvalue weighted by molar-refractivity contribution is 0.103. The van der Waals surface area contributed by atoms with Crippen LogP contribution >= 0.6 is 11.3 Å². The molecule has 116 valence electrons. The van der Waals surface area contributed by atoms with E-state index in [9.17, 15) is 13.2 Å². The van der Waals surface area contributed by atoms with Gasteiger partial charge in [-0.3, -0.25) is 4.79 Å². The molecule has 0 aliphatic carbocycles. The van der Waals surface area contributed by atoms with Crippen molar-refractivity contribution in [1.82, 2.24) is 10.2 Å². The number of amides is 1. The highest BCUT2D eigenvalue weighted by atomic mass is 32.2. The summed E-state index contributed by atoms with van der Waals surface area (Å²) < 4.78 is 22.8. The van der Waals surface area contributed by atoms with Crippen molar-refractivity contribution in [2.45, 2.75) is 12.5 Å². The molecule has 0 saturated carbocycles. The summed E-state index contributed by atoms with van der Waals surface area (Å²) >= 11 is 1.35. The molecule has 0 radical (unpaired) electrons. The van der Waals surface area contributed by atoms with Gasteiger partial charge in [-0.1, -0.05) is 6.07 Å². The molecule has 0 aromatic carbocycles. The van der Waals surface area contributed by atoms with E-state index in [0.29, 0.717) is 22.9 Å². The molecular weight excluding hydrogens is 324 g/mol. The van der Waals surface area contributed by atoms with E-state index in [1.54, 1.807) is 24.3 Å². The van der Waals surface area contributed by atoms with Gasteiger partial charge in [-0.25, -0.2) is 8.42 Å². The van der Waals surface area contributed by atoms with E-state index in [4.69, 9.17) is 0 Å². The Morgan fingerprint density at radius 2 is 2.00 bits per heavy atom. The van der Waals surface area contributed by atoms with Crippen molar-refractivity contribution in [2.75, 3.05) is 22.1 Å². The lowest BCUT2D eigenvalue weighted by Crippen LogP contribution is -2.21. The van der Waals surface area contributed by atoms with Gasteiger partial charge in [0.05, 0.1) is 16.4 Å². The molecule has 0 spiro atoms. The SMILES string of the molecule is O=C(Nc1ccc(NC2CCS(=O)(=O)C2)nn1)c1cccs1. The van der Waals surface area contributed by atoms with Crippen LogP contribution in [0.15, 0.2) is 29.6 Å². The summed E-state index contributed by atoms with van der Waals surface area (Å²) in [4.78, 5) is 12.5. The van der Waals surface area contributed by atoms with Crippen LogP contribution in [0.5, 0.6) is 0 Å². The minimum Gasteiger partial charge on any atom is -0.365 e. The molecule has 1 unspecified atom stereocenters. The molecule has 1 aliphatic heterocycles. The maximum atomic E-state index is 11.9. The number of anilines is 2. The number of thiophene rings is 1. The number of hydrogen-bond acceptors (Lipinski definition) is 7. The van der Waals surface area contributed by atoms with Crippen LogP contribution in [0, 0.1) is 0 Å². The predicted octanol–water partition coefficient (Wildman–Crippen LogP) is 1.39. The van der Waals surface area contributed by atoms with E-state index in [-0.39, 0.29) is 23.5 Å². The molecule has 2 aromatic rings. The number of hydrogen-bond donors (Lipinski definition) is 2. The number of carbonyl (C=O) groups is 1. The Kier molecular flexibility index (Phi) is 4.08. The zero-order valence-electron chi connectivity index (χ0n) is 11.5. The second-order valence-corrected chi connectivity index (χ2v) is 8.16. The van der Waals surface area contributed by atoms with E-state index in [2.05, 4.69) is 20.8 Å². The van der Waals surface area contributed by atoms with Gasteiger partial charge < -0.3 is 10.6 Å². The second kappa shape index (κ2) is 6.01. The standard InChI is InChI=1S/C13H14N4O3S2/c18-13(10-2-1-6-21-10)15-12-4-3-11(16-17-12)14-9-5-7-22(19,20)8-9/h1-4,6,9H,5,7-8H2,(H,14,16)(H,15,17,18). The zero-order valence-corrected chi connectivity index (χ0v) is 13.2. The average molecular weight is 338 g/mol. The first-order chi connectivity index (χ1) is 10.5. The lowest BCUT2D eigenvalue weighted by atomic mass is 10.2. The number of nitrogens with one attached hydrogen (secondary N) is 2. The Bertz CT molecular complexity index is 757. The monoisotopic (exact) mass is 338 g/mol. The smallest absolute Gasteiger partial charge is 0.266 e. The molecule has 3 heterocycles. The minimum atomic E-state index is -2.93. The third-order valence-electron chi connectivity index (χ3n) is 3.24. The summed E-state index contributed by atoms with van der Waals surface area (Å²) in [6, 6.07) is 6.69. The van der Waals surface area contributed by atoms with E-state index in [1.165, 1.54) is 11.3 Å². The van der Waals surface area contributed by atoms with Crippen LogP contribution < -0.4 is 10.6 Å². The topological polar surface area (TPSA) is 101 Å². The lowest BCUT2D eigenvalue weighted by Gasteiger charge is -2.11. The number of sulfone groups is 1. The number of nitrogens with zero attached hydrogens (tertiary/aromatic N) is 2. The largest absolute Gasteiger partial charge is 0.365 e. The zero-order chi connectivity index (χ0) is 15.6.